The Morgan fingerprint density at radius 2 is 1.93 bits per heavy atom. The SMILES string of the molecule is O=S(=O)(NCC(c1cccs1)N1CCOCC1)c1cccc(C(F)(F)F)c1. The number of halogens is 3. The van der Waals surface area contributed by atoms with Crippen molar-refractivity contribution in [1.82, 2.24) is 9.62 Å². The van der Waals surface area contributed by atoms with Crippen LogP contribution in [0.3, 0.4) is 0 Å². The van der Waals surface area contributed by atoms with Crippen LogP contribution in [0.5, 0.6) is 0 Å². The normalized spacial score (nSPS) is 17.7. The lowest BCUT2D eigenvalue weighted by atomic mass is 10.2. The van der Waals surface area contributed by atoms with Gasteiger partial charge in [0.05, 0.1) is 29.7 Å². The van der Waals surface area contributed by atoms with E-state index in [4.69, 9.17) is 4.74 Å². The zero-order valence-corrected chi connectivity index (χ0v) is 15.9. The highest BCUT2D eigenvalue weighted by molar-refractivity contribution is 7.89. The van der Waals surface area contributed by atoms with E-state index in [0.717, 1.165) is 23.1 Å². The van der Waals surface area contributed by atoms with Crippen LogP contribution in [0.1, 0.15) is 16.5 Å². The van der Waals surface area contributed by atoms with E-state index in [1.54, 1.807) is 0 Å². The number of hydrogen-bond acceptors (Lipinski definition) is 5. The van der Waals surface area contributed by atoms with Crippen molar-refractivity contribution in [3.63, 3.8) is 0 Å². The number of hydrogen-bond donors (Lipinski definition) is 1. The first-order chi connectivity index (χ1) is 12.8. The first kappa shape index (κ1) is 20.3. The van der Waals surface area contributed by atoms with Crippen LogP contribution >= 0.6 is 11.3 Å². The molecule has 1 aliphatic heterocycles. The van der Waals surface area contributed by atoms with Gasteiger partial charge in [-0.25, -0.2) is 13.1 Å². The lowest BCUT2D eigenvalue weighted by Gasteiger charge is -2.34. The molecule has 1 saturated heterocycles. The molecular formula is C17H19F3N2O3S2. The molecule has 1 atom stereocenters. The van der Waals surface area contributed by atoms with Crippen molar-refractivity contribution in [2.24, 2.45) is 0 Å². The molecule has 1 fully saturated rings. The maximum atomic E-state index is 12.9. The minimum Gasteiger partial charge on any atom is -0.379 e. The average molecular weight is 420 g/mol. The van der Waals surface area contributed by atoms with Crippen molar-refractivity contribution >= 4 is 21.4 Å². The second-order valence-electron chi connectivity index (χ2n) is 6.06. The number of rotatable bonds is 6. The van der Waals surface area contributed by atoms with Crippen LogP contribution in [-0.2, 0) is 20.9 Å². The Labute approximate surface area is 159 Å². The molecule has 0 saturated carbocycles. The summed E-state index contributed by atoms with van der Waals surface area (Å²) in [4.78, 5) is 2.71. The molecule has 27 heavy (non-hydrogen) atoms. The van der Waals surface area contributed by atoms with Gasteiger partial charge in [0, 0.05) is 24.5 Å². The first-order valence-electron chi connectivity index (χ1n) is 8.29. The third-order valence-electron chi connectivity index (χ3n) is 4.30. The van der Waals surface area contributed by atoms with Crippen LogP contribution in [0.15, 0.2) is 46.7 Å². The number of morpholine rings is 1. The van der Waals surface area contributed by atoms with Crippen molar-refractivity contribution in [3.8, 4) is 0 Å². The fourth-order valence-corrected chi connectivity index (χ4v) is 4.84. The Balaban J connectivity index is 1.78. The summed E-state index contributed by atoms with van der Waals surface area (Å²) in [5, 5.41) is 1.91. The van der Waals surface area contributed by atoms with Crippen LogP contribution in [0.4, 0.5) is 13.2 Å². The number of benzene rings is 1. The standard InChI is InChI=1S/C17H19F3N2O3S2/c18-17(19,20)13-3-1-4-14(11-13)27(23,24)21-12-15(16-5-2-10-26-16)22-6-8-25-9-7-22/h1-5,10-11,15,21H,6-9,12H2. The third kappa shape index (κ3) is 5.08. The highest BCUT2D eigenvalue weighted by Gasteiger charge is 2.32. The average Bonchev–Trinajstić information content (AvgIpc) is 3.16. The van der Waals surface area contributed by atoms with Gasteiger partial charge in [0.25, 0.3) is 0 Å². The lowest BCUT2D eigenvalue weighted by Crippen LogP contribution is -2.43. The van der Waals surface area contributed by atoms with E-state index in [0.29, 0.717) is 32.4 Å². The first-order valence-corrected chi connectivity index (χ1v) is 10.7. The molecule has 1 aliphatic rings. The summed E-state index contributed by atoms with van der Waals surface area (Å²) in [6.07, 6.45) is -4.60. The molecule has 0 radical (unpaired) electrons. The molecule has 5 nitrogen and oxygen atoms in total. The Hall–Kier alpha value is -1.46. The number of nitrogens with zero attached hydrogens (tertiary/aromatic N) is 1. The Morgan fingerprint density at radius 1 is 1.19 bits per heavy atom. The summed E-state index contributed by atoms with van der Waals surface area (Å²) in [7, 11) is -4.07. The molecule has 3 rings (SSSR count). The van der Waals surface area contributed by atoms with Crippen molar-refractivity contribution < 1.29 is 26.3 Å². The van der Waals surface area contributed by atoms with Gasteiger partial charge in [0.1, 0.15) is 0 Å². The molecule has 1 unspecified atom stereocenters. The minimum absolute atomic E-state index is 0.0685. The van der Waals surface area contributed by atoms with Gasteiger partial charge in [-0.2, -0.15) is 13.2 Å². The molecule has 148 valence electrons. The number of alkyl halides is 3. The Morgan fingerprint density at radius 3 is 2.56 bits per heavy atom. The highest BCUT2D eigenvalue weighted by atomic mass is 32.2. The zero-order chi connectivity index (χ0) is 19.5. The highest BCUT2D eigenvalue weighted by Crippen LogP contribution is 2.31. The fourth-order valence-electron chi connectivity index (χ4n) is 2.89. The molecule has 0 amide bonds. The largest absolute Gasteiger partial charge is 0.416 e. The van der Waals surface area contributed by atoms with Crippen LogP contribution in [0.25, 0.3) is 0 Å². The van der Waals surface area contributed by atoms with Gasteiger partial charge < -0.3 is 4.74 Å². The molecule has 1 N–H and O–H groups in total. The topological polar surface area (TPSA) is 58.6 Å². The maximum absolute atomic E-state index is 12.9. The summed E-state index contributed by atoms with van der Waals surface area (Å²) in [6.45, 7) is 2.51. The van der Waals surface area contributed by atoms with E-state index >= 15 is 0 Å². The molecular weight excluding hydrogens is 401 g/mol. The van der Waals surface area contributed by atoms with Crippen LogP contribution in [0, 0.1) is 0 Å². The zero-order valence-electron chi connectivity index (χ0n) is 14.3. The molecule has 1 aromatic carbocycles. The summed E-state index contributed by atoms with van der Waals surface area (Å²) in [5.41, 5.74) is -0.992. The number of ether oxygens (including phenoxy) is 1. The van der Waals surface area contributed by atoms with Gasteiger partial charge in [-0.1, -0.05) is 12.1 Å². The van der Waals surface area contributed by atoms with Crippen molar-refractivity contribution in [2.75, 3.05) is 32.8 Å². The minimum atomic E-state index is -4.60. The lowest BCUT2D eigenvalue weighted by molar-refractivity contribution is -0.137. The molecule has 10 heteroatoms. The summed E-state index contributed by atoms with van der Waals surface area (Å²) < 4.78 is 71.5. The van der Waals surface area contributed by atoms with E-state index in [1.165, 1.54) is 11.3 Å². The Kier molecular flexibility index (Phi) is 6.21. The van der Waals surface area contributed by atoms with Crippen molar-refractivity contribution in [1.29, 1.82) is 0 Å². The van der Waals surface area contributed by atoms with Gasteiger partial charge in [0.15, 0.2) is 0 Å². The quantitative estimate of drug-likeness (QED) is 0.780. The van der Waals surface area contributed by atoms with E-state index in [1.807, 2.05) is 17.5 Å². The molecule has 0 bridgehead atoms. The van der Waals surface area contributed by atoms with E-state index in [-0.39, 0.29) is 12.6 Å². The van der Waals surface area contributed by atoms with Crippen LogP contribution in [-0.4, -0.2) is 46.2 Å². The van der Waals surface area contributed by atoms with E-state index in [2.05, 4.69) is 9.62 Å². The molecule has 0 spiro atoms. The molecule has 2 aromatic rings. The smallest absolute Gasteiger partial charge is 0.379 e. The number of sulfonamides is 1. The van der Waals surface area contributed by atoms with Crippen LogP contribution in [0.2, 0.25) is 0 Å². The number of thiophene rings is 1. The summed E-state index contributed by atoms with van der Waals surface area (Å²) in [6, 6.07) is 7.36. The molecule has 2 heterocycles. The monoisotopic (exact) mass is 420 g/mol. The molecule has 1 aromatic heterocycles. The predicted molar refractivity (Wildman–Crippen MR) is 96.1 cm³/mol. The number of nitrogens with one attached hydrogen (secondary N) is 1. The van der Waals surface area contributed by atoms with E-state index in [9.17, 15) is 21.6 Å². The predicted octanol–water partition coefficient (Wildman–Crippen LogP) is 3.12. The van der Waals surface area contributed by atoms with E-state index < -0.39 is 26.7 Å². The summed E-state index contributed by atoms with van der Waals surface area (Å²) >= 11 is 1.51. The van der Waals surface area contributed by atoms with Gasteiger partial charge >= 0.3 is 6.18 Å². The Bertz CT molecular complexity index is 849. The van der Waals surface area contributed by atoms with Gasteiger partial charge in [-0.3, -0.25) is 4.90 Å². The van der Waals surface area contributed by atoms with Gasteiger partial charge in [-0.15, -0.1) is 11.3 Å². The second-order valence-corrected chi connectivity index (χ2v) is 8.80. The van der Waals surface area contributed by atoms with Crippen molar-refractivity contribution in [3.05, 3.63) is 52.2 Å². The third-order valence-corrected chi connectivity index (χ3v) is 6.69. The molecule has 0 aliphatic carbocycles. The van der Waals surface area contributed by atoms with Crippen LogP contribution < -0.4 is 4.72 Å². The van der Waals surface area contributed by atoms with Gasteiger partial charge in [0.2, 0.25) is 10.0 Å². The second kappa shape index (κ2) is 8.27. The maximum Gasteiger partial charge on any atom is 0.416 e. The van der Waals surface area contributed by atoms with Crippen molar-refractivity contribution in [2.45, 2.75) is 17.1 Å². The summed E-state index contributed by atoms with van der Waals surface area (Å²) in [5.74, 6) is 0. The van der Waals surface area contributed by atoms with Gasteiger partial charge in [-0.05, 0) is 29.6 Å². The fraction of sp³-hybridized carbons (Fsp3) is 0.412.